The van der Waals surface area contributed by atoms with E-state index in [1.807, 2.05) is 0 Å². The molecule has 154 valence electrons. The normalized spacial score (nSPS) is 25.6. The molecule has 3 unspecified atom stereocenters. The largest absolute Gasteiger partial charge is 0.472 e. The third kappa shape index (κ3) is 2.71. The van der Waals surface area contributed by atoms with Crippen molar-refractivity contribution < 1.29 is 18.8 Å². The minimum absolute atomic E-state index is 0.174. The summed E-state index contributed by atoms with van der Waals surface area (Å²) in [6.45, 7) is 0.451. The third-order valence-electron chi connectivity index (χ3n) is 5.97. The minimum Gasteiger partial charge on any atom is -0.472 e. The molecule has 0 radical (unpaired) electrons. The van der Waals surface area contributed by atoms with Crippen LogP contribution in [-0.4, -0.2) is 44.2 Å². The number of anilines is 1. The van der Waals surface area contributed by atoms with Crippen molar-refractivity contribution in [2.45, 2.75) is 43.9 Å². The molecule has 1 aliphatic carbocycles. The lowest BCUT2D eigenvalue weighted by molar-refractivity contribution is 0.0890. The first kappa shape index (κ1) is 17.6. The molecule has 9 nitrogen and oxygen atoms in total. The van der Waals surface area contributed by atoms with Crippen LogP contribution < -0.4 is 15.1 Å². The van der Waals surface area contributed by atoms with Gasteiger partial charge < -0.3 is 10.1 Å². The van der Waals surface area contributed by atoms with Gasteiger partial charge in [-0.3, -0.25) is 9.63 Å². The van der Waals surface area contributed by atoms with Crippen LogP contribution in [0.15, 0.2) is 30.7 Å². The molecule has 30 heavy (non-hydrogen) atoms. The molecule has 3 aliphatic rings. The minimum atomic E-state index is -0.439. The molecule has 2 fully saturated rings. The number of aromatic nitrogens is 4. The van der Waals surface area contributed by atoms with E-state index in [2.05, 4.69) is 20.4 Å². The molecule has 6 rings (SSSR count). The third-order valence-corrected chi connectivity index (χ3v) is 5.97. The molecule has 5 heterocycles. The molecule has 2 aliphatic heterocycles. The second kappa shape index (κ2) is 6.63. The number of hydrogen-bond donors (Lipinski definition) is 1. The fraction of sp³-hybridized carbons (Fsp3) is 0.400. The summed E-state index contributed by atoms with van der Waals surface area (Å²) in [4.78, 5) is 27.7. The zero-order valence-corrected chi connectivity index (χ0v) is 16.0. The van der Waals surface area contributed by atoms with Crippen LogP contribution in [0.2, 0.25) is 0 Å². The van der Waals surface area contributed by atoms with Gasteiger partial charge in [-0.25, -0.2) is 23.9 Å². The second-order valence-corrected chi connectivity index (χ2v) is 7.79. The van der Waals surface area contributed by atoms with Crippen molar-refractivity contribution >= 4 is 17.4 Å². The van der Waals surface area contributed by atoms with Gasteiger partial charge in [-0.05, 0) is 25.3 Å². The van der Waals surface area contributed by atoms with Crippen molar-refractivity contribution in [1.82, 2.24) is 24.9 Å². The number of hydroxylamine groups is 1. The average molecular weight is 410 g/mol. The van der Waals surface area contributed by atoms with Crippen molar-refractivity contribution in [3.05, 3.63) is 47.7 Å². The maximum atomic E-state index is 14.2. The molecule has 1 saturated carbocycles. The lowest BCUT2D eigenvalue weighted by atomic mass is 10.1. The molecule has 1 saturated heterocycles. The summed E-state index contributed by atoms with van der Waals surface area (Å²) in [6.07, 6.45) is 7.28. The number of rotatable bonds is 0. The van der Waals surface area contributed by atoms with Gasteiger partial charge in [0.15, 0.2) is 11.5 Å². The Bertz CT molecular complexity index is 1150. The van der Waals surface area contributed by atoms with Crippen LogP contribution in [0.5, 0.6) is 5.88 Å². The highest BCUT2D eigenvalue weighted by Crippen LogP contribution is 2.39. The first-order chi connectivity index (χ1) is 14.7. The van der Waals surface area contributed by atoms with Crippen molar-refractivity contribution in [3.63, 3.8) is 0 Å². The molecule has 3 aromatic rings. The molecule has 10 heteroatoms. The van der Waals surface area contributed by atoms with Crippen molar-refractivity contribution in [2.24, 2.45) is 0 Å². The van der Waals surface area contributed by atoms with Gasteiger partial charge in [0, 0.05) is 24.2 Å². The van der Waals surface area contributed by atoms with Gasteiger partial charge in [-0.2, -0.15) is 5.10 Å². The highest BCUT2D eigenvalue weighted by Gasteiger charge is 2.36. The number of halogens is 1. The van der Waals surface area contributed by atoms with E-state index < -0.39 is 5.82 Å². The number of nitrogens with zero attached hydrogens (tertiary/aromatic N) is 5. The predicted molar refractivity (Wildman–Crippen MR) is 102 cm³/mol. The van der Waals surface area contributed by atoms with E-state index >= 15 is 0 Å². The lowest BCUT2D eigenvalue weighted by Crippen LogP contribution is -2.42. The van der Waals surface area contributed by atoms with Gasteiger partial charge in [-0.15, -0.1) is 0 Å². The Labute approximate surface area is 170 Å². The van der Waals surface area contributed by atoms with Crippen molar-refractivity contribution in [2.75, 3.05) is 11.7 Å². The molecule has 3 atom stereocenters. The quantitative estimate of drug-likeness (QED) is 0.607. The highest BCUT2D eigenvalue weighted by atomic mass is 19.1. The number of fused-ring (bicyclic) bond motifs is 6. The second-order valence-electron chi connectivity index (χ2n) is 7.79. The van der Waals surface area contributed by atoms with Crippen LogP contribution >= 0.6 is 0 Å². The van der Waals surface area contributed by atoms with E-state index in [0.29, 0.717) is 41.5 Å². The van der Waals surface area contributed by atoms with Gasteiger partial charge in [0.1, 0.15) is 17.5 Å². The zero-order valence-electron chi connectivity index (χ0n) is 16.0. The van der Waals surface area contributed by atoms with Crippen LogP contribution in [-0.2, 0) is 4.84 Å². The predicted octanol–water partition coefficient (Wildman–Crippen LogP) is 2.19. The topological polar surface area (TPSA) is 93.9 Å². The Morgan fingerprint density at radius 2 is 2.17 bits per heavy atom. The molecular weight excluding hydrogens is 391 g/mol. The van der Waals surface area contributed by atoms with Gasteiger partial charge in [0.05, 0.1) is 31.1 Å². The number of carbonyl (C=O) groups excluding carboxylic acids is 1. The lowest BCUT2D eigenvalue weighted by Gasteiger charge is -2.26. The molecule has 1 N–H and O–H groups in total. The van der Waals surface area contributed by atoms with Crippen LogP contribution in [0.3, 0.4) is 0 Å². The maximum absolute atomic E-state index is 14.2. The van der Waals surface area contributed by atoms with Crippen molar-refractivity contribution in [1.29, 1.82) is 0 Å². The molecule has 0 spiro atoms. The van der Waals surface area contributed by atoms with Gasteiger partial charge >= 0.3 is 0 Å². The Kier molecular flexibility index (Phi) is 3.88. The van der Waals surface area contributed by atoms with Crippen LogP contribution in [0.25, 0.3) is 5.65 Å². The number of nitrogens with one attached hydrogen (secondary N) is 1. The van der Waals surface area contributed by atoms with E-state index in [-0.39, 0.29) is 24.1 Å². The van der Waals surface area contributed by atoms with Gasteiger partial charge in [0.25, 0.3) is 5.91 Å². The fourth-order valence-corrected chi connectivity index (χ4v) is 4.52. The Balaban J connectivity index is 1.55. The smallest absolute Gasteiger partial charge is 0.257 e. The standard InChI is InChI=1S/C20H19FN6O3/c21-11-8-12-15-5-7-29-27(15)17-4-6-26-18(25-17)13(10-23-26)19(28)24-14-2-1-3-16(14)30-20(12)22-9-11/h4,6,8-10,14-16H,1-3,5,7H2,(H,24,28). The summed E-state index contributed by atoms with van der Waals surface area (Å²) < 4.78 is 22.0. The SMILES string of the molecule is O=C1NC2CCCC2Oc2ncc(F)cc2C2CCON2c2ccn3ncc1c3n2. The van der Waals surface area contributed by atoms with Gasteiger partial charge in [0.2, 0.25) is 5.88 Å². The van der Waals surface area contributed by atoms with E-state index in [9.17, 15) is 9.18 Å². The summed E-state index contributed by atoms with van der Waals surface area (Å²) in [6, 6.07) is 2.71. The number of carbonyl (C=O) groups is 1. The first-order valence-corrected chi connectivity index (χ1v) is 10.1. The number of hydrogen-bond acceptors (Lipinski definition) is 7. The Morgan fingerprint density at radius 3 is 3.10 bits per heavy atom. The first-order valence-electron chi connectivity index (χ1n) is 10.1. The summed E-state index contributed by atoms with van der Waals surface area (Å²) in [5.74, 6) is 0.187. The number of pyridine rings is 1. The molecule has 0 aromatic carbocycles. The van der Waals surface area contributed by atoms with E-state index in [0.717, 1.165) is 25.5 Å². The van der Waals surface area contributed by atoms with E-state index in [4.69, 9.17) is 9.57 Å². The molecular formula is C20H19FN6O3. The van der Waals surface area contributed by atoms with E-state index in [1.54, 1.807) is 21.8 Å². The van der Waals surface area contributed by atoms with Gasteiger partial charge in [-0.1, -0.05) is 0 Å². The molecule has 2 bridgehead atoms. The van der Waals surface area contributed by atoms with E-state index in [1.165, 1.54) is 12.3 Å². The van der Waals surface area contributed by atoms with Crippen LogP contribution in [0, 0.1) is 5.82 Å². The molecule has 3 aromatic heterocycles. The fourth-order valence-electron chi connectivity index (χ4n) is 4.52. The summed E-state index contributed by atoms with van der Waals surface area (Å²) in [7, 11) is 0. The molecule has 1 amide bonds. The number of amides is 1. The summed E-state index contributed by atoms with van der Waals surface area (Å²) in [5, 5.41) is 8.95. The maximum Gasteiger partial charge on any atom is 0.257 e. The zero-order chi connectivity index (χ0) is 20.2. The average Bonchev–Trinajstić information content (AvgIpc) is 3.48. The number of ether oxygens (including phenoxy) is 1. The Morgan fingerprint density at radius 1 is 1.23 bits per heavy atom. The summed E-state index contributed by atoms with van der Waals surface area (Å²) in [5.41, 5.74) is 1.44. The van der Waals surface area contributed by atoms with Crippen molar-refractivity contribution in [3.8, 4) is 5.88 Å². The summed E-state index contributed by atoms with van der Waals surface area (Å²) >= 11 is 0. The highest BCUT2D eigenvalue weighted by molar-refractivity contribution is 6.00. The van der Waals surface area contributed by atoms with Crippen LogP contribution in [0.1, 0.15) is 47.6 Å². The monoisotopic (exact) mass is 410 g/mol. The van der Waals surface area contributed by atoms with Crippen LogP contribution in [0.4, 0.5) is 10.2 Å². The Hall–Kier alpha value is -3.27.